The van der Waals surface area contributed by atoms with Crippen LogP contribution in [0.1, 0.15) is 19.3 Å². The third-order valence-corrected chi connectivity index (χ3v) is 3.51. The summed E-state index contributed by atoms with van der Waals surface area (Å²) >= 11 is 0. The Morgan fingerprint density at radius 2 is 2.07 bits per heavy atom. The van der Waals surface area contributed by atoms with Crippen molar-refractivity contribution in [1.82, 2.24) is 10.2 Å². The van der Waals surface area contributed by atoms with Crippen molar-refractivity contribution >= 4 is 0 Å². The second-order valence-corrected chi connectivity index (χ2v) is 4.61. The van der Waals surface area contributed by atoms with Gasteiger partial charge in [0.2, 0.25) is 0 Å². The van der Waals surface area contributed by atoms with Crippen molar-refractivity contribution in [2.75, 3.05) is 39.4 Å². The van der Waals surface area contributed by atoms with Crippen LogP contribution in [0.3, 0.4) is 0 Å². The van der Waals surface area contributed by atoms with Crippen LogP contribution >= 0.6 is 0 Å². The quantitative estimate of drug-likeness (QED) is 0.678. The van der Waals surface area contributed by atoms with Crippen molar-refractivity contribution in [2.45, 2.75) is 31.3 Å². The van der Waals surface area contributed by atoms with E-state index >= 15 is 0 Å². The molecule has 1 aliphatic carbocycles. The van der Waals surface area contributed by atoms with E-state index in [9.17, 15) is 0 Å². The van der Waals surface area contributed by atoms with E-state index in [1.54, 1.807) is 0 Å². The van der Waals surface area contributed by atoms with Gasteiger partial charge in [0, 0.05) is 38.3 Å². The van der Waals surface area contributed by atoms with Crippen molar-refractivity contribution < 1.29 is 4.74 Å². The predicted octanol–water partition coefficient (Wildman–Crippen LogP) is -0.212. The summed E-state index contributed by atoms with van der Waals surface area (Å²) in [4.78, 5) is 2.46. The van der Waals surface area contributed by atoms with Gasteiger partial charge in [-0.1, -0.05) is 6.42 Å². The van der Waals surface area contributed by atoms with Gasteiger partial charge in [0.25, 0.3) is 0 Å². The zero-order valence-corrected chi connectivity index (χ0v) is 9.45. The van der Waals surface area contributed by atoms with E-state index in [-0.39, 0.29) is 0 Å². The van der Waals surface area contributed by atoms with E-state index in [2.05, 4.69) is 10.2 Å². The van der Waals surface area contributed by atoms with Crippen molar-refractivity contribution in [3.05, 3.63) is 0 Å². The summed E-state index contributed by atoms with van der Waals surface area (Å²) in [5.41, 5.74) is 6.00. The highest BCUT2D eigenvalue weighted by Gasteiger charge is 2.23. The average molecular weight is 213 g/mol. The fourth-order valence-electron chi connectivity index (χ4n) is 2.47. The van der Waals surface area contributed by atoms with Crippen molar-refractivity contribution in [3.8, 4) is 0 Å². The lowest BCUT2D eigenvalue weighted by atomic mass is 10.2. The molecule has 1 heterocycles. The minimum absolute atomic E-state index is 0.384. The fraction of sp³-hybridized carbons (Fsp3) is 1.00. The molecule has 0 bridgehead atoms. The Labute approximate surface area is 92.1 Å². The van der Waals surface area contributed by atoms with E-state index in [0.717, 1.165) is 39.4 Å². The van der Waals surface area contributed by atoms with E-state index in [4.69, 9.17) is 10.5 Å². The Kier molecular flexibility index (Phi) is 4.38. The Morgan fingerprint density at radius 3 is 2.73 bits per heavy atom. The fourth-order valence-corrected chi connectivity index (χ4v) is 2.47. The molecule has 0 aromatic carbocycles. The average Bonchev–Trinajstić information content (AvgIpc) is 2.66. The molecule has 0 amide bonds. The molecule has 0 radical (unpaired) electrons. The Bertz CT molecular complexity index is 183. The lowest BCUT2D eigenvalue weighted by molar-refractivity contribution is 0.0381. The molecule has 1 saturated heterocycles. The van der Waals surface area contributed by atoms with E-state index in [0.29, 0.717) is 12.1 Å². The first-order valence-electron chi connectivity index (χ1n) is 6.15. The Hall–Kier alpha value is -0.160. The number of ether oxygens (including phenoxy) is 1. The first kappa shape index (κ1) is 11.3. The summed E-state index contributed by atoms with van der Waals surface area (Å²) in [6.45, 7) is 6.15. The first-order chi connectivity index (χ1) is 7.36. The van der Waals surface area contributed by atoms with Crippen LogP contribution in [0, 0.1) is 0 Å². The largest absolute Gasteiger partial charge is 0.379 e. The maximum atomic E-state index is 6.00. The summed E-state index contributed by atoms with van der Waals surface area (Å²) in [5.74, 6) is 0. The molecule has 0 spiro atoms. The molecule has 0 aromatic heterocycles. The molecule has 2 atom stereocenters. The van der Waals surface area contributed by atoms with Crippen LogP contribution in [0.15, 0.2) is 0 Å². The summed E-state index contributed by atoms with van der Waals surface area (Å²) in [6.07, 6.45) is 3.73. The SMILES string of the molecule is N[C@@H]1CCC[C@@H]1NCCN1CCOCC1. The predicted molar refractivity (Wildman–Crippen MR) is 60.9 cm³/mol. The molecular formula is C11H23N3O. The molecule has 4 nitrogen and oxygen atoms in total. The topological polar surface area (TPSA) is 50.5 Å². The van der Waals surface area contributed by atoms with E-state index < -0.39 is 0 Å². The summed E-state index contributed by atoms with van der Waals surface area (Å²) in [7, 11) is 0. The van der Waals surface area contributed by atoms with Gasteiger partial charge < -0.3 is 15.8 Å². The Morgan fingerprint density at radius 1 is 1.27 bits per heavy atom. The van der Waals surface area contributed by atoms with Crippen molar-refractivity contribution in [2.24, 2.45) is 5.73 Å². The van der Waals surface area contributed by atoms with Crippen LogP contribution < -0.4 is 11.1 Å². The molecule has 1 aliphatic heterocycles. The maximum Gasteiger partial charge on any atom is 0.0594 e. The smallest absolute Gasteiger partial charge is 0.0594 e. The zero-order valence-electron chi connectivity index (χ0n) is 9.45. The van der Waals surface area contributed by atoms with Gasteiger partial charge in [-0.3, -0.25) is 4.90 Å². The highest BCUT2D eigenvalue weighted by Crippen LogP contribution is 2.16. The van der Waals surface area contributed by atoms with Crippen molar-refractivity contribution in [3.63, 3.8) is 0 Å². The van der Waals surface area contributed by atoms with Gasteiger partial charge in [-0.05, 0) is 12.8 Å². The minimum Gasteiger partial charge on any atom is -0.379 e. The van der Waals surface area contributed by atoms with Gasteiger partial charge in [0.1, 0.15) is 0 Å². The van der Waals surface area contributed by atoms with E-state index in [1.807, 2.05) is 0 Å². The molecule has 4 heteroatoms. The molecule has 2 aliphatic rings. The van der Waals surface area contributed by atoms with Crippen LogP contribution in [-0.2, 0) is 4.74 Å². The summed E-state index contributed by atoms with van der Waals surface area (Å²) in [5, 5.41) is 3.57. The number of hydrogen-bond acceptors (Lipinski definition) is 4. The molecule has 0 unspecified atom stereocenters. The molecule has 0 aromatic rings. The van der Waals surface area contributed by atoms with E-state index in [1.165, 1.54) is 19.3 Å². The minimum atomic E-state index is 0.384. The lowest BCUT2D eigenvalue weighted by Crippen LogP contribution is -2.46. The van der Waals surface area contributed by atoms with Gasteiger partial charge in [-0.2, -0.15) is 0 Å². The van der Waals surface area contributed by atoms with Crippen LogP contribution in [0.25, 0.3) is 0 Å². The molecule has 2 fully saturated rings. The number of rotatable bonds is 4. The molecule has 3 N–H and O–H groups in total. The normalized spacial score (nSPS) is 33.4. The van der Waals surface area contributed by atoms with Crippen LogP contribution in [0.4, 0.5) is 0 Å². The number of nitrogens with one attached hydrogen (secondary N) is 1. The third kappa shape index (κ3) is 3.41. The number of morpholine rings is 1. The standard InChI is InChI=1S/C11H23N3O/c12-10-2-1-3-11(10)13-4-5-14-6-8-15-9-7-14/h10-11,13H,1-9,12H2/t10-,11+/m1/s1. The third-order valence-electron chi connectivity index (χ3n) is 3.51. The second kappa shape index (κ2) is 5.80. The first-order valence-corrected chi connectivity index (χ1v) is 6.15. The highest BCUT2D eigenvalue weighted by atomic mass is 16.5. The van der Waals surface area contributed by atoms with Gasteiger partial charge in [0.15, 0.2) is 0 Å². The number of hydrogen-bond donors (Lipinski definition) is 2. The van der Waals surface area contributed by atoms with Crippen LogP contribution in [-0.4, -0.2) is 56.4 Å². The molecule has 2 rings (SSSR count). The second-order valence-electron chi connectivity index (χ2n) is 4.61. The van der Waals surface area contributed by atoms with Gasteiger partial charge in [0.05, 0.1) is 13.2 Å². The zero-order chi connectivity index (χ0) is 10.5. The summed E-state index contributed by atoms with van der Waals surface area (Å²) in [6, 6.07) is 0.945. The maximum absolute atomic E-state index is 6.00. The molecular weight excluding hydrogens is 190 g/mol. The van der Waals surface area contributed by atoms with Crippen LogP contribution in [0.2, 0.25) is 0 Å². The van der Waals surface area contributed by atoms with Gasteiger partial charge >= 0.3 is 0 Å². The van der Waals surface area contributed by atoms with Crippen LogP contribution in [0.5, 0.6) is 0 Å². The monoisotopic (exact) mass is 213 g/mol. The lowest BCUT2D eigenvalue weighted by Gasteiger charge is -2.27. The van der Waals surface area contributed by atoms with Gasteiger partial charge in [-0.25, -0.2) is 0 Å². The number of nitrogens with two attached hydrogens (primary N) is 1. The molecule has 88 valence electrons. The number of nitrogens with zero attached hydrogens (tertiary/aromatic N) is 1. The molecule has 1 saturated carbocycles. The summed E-state index contributed by atoms with van der Waals surface area (Å²) < 4.78 is 5.31. The van der Waals surface area contributed by atoms with Gasteiger partial charge in [-0.15, -0.1) is 0 Å². The Balaban J connectivity index is 1.57. The molecule has 15 heavy (non-hydrogen) atoms. The van der Waals surface area contributed by atoms with Crippen molar-refractivity contribution in [1.29, 1.82) is 0 Å². The highest BCUT2D eigenvalue weighted by molar-refractivity contribution is 4.85.